The molecule has 0 radical (unpaired) electrons. The molecular weight excluding hydrogens is 433 g/mol. The fourth-order valence-electron chi connectivity index (χ4n) is 0.888. The van der Waals surface area contributed by atoms with Crippen molar-refractivity contribution in [1.82, 2.24) is 0 Å². The Labute approximate surface area is 126 Å². The van der Waals surface area contributed by atoms with Gasteiger partial charge < -0.3 is 8.78 Å². The molecule has 0 aromatic heterocycles. The van der Waals surface area contributed by atoms with Crippen LogP contribution in [-0.4, -0.2) is 35.8 Å². The van der Waals surface area contributed by atoms with Gasteiger partial charge in [-0.15, -0.1) is 0 Å². The molecule has 0 aliphatic carbocycles. The van der Waals surface area contributed by atoms with Crippen LogP contribution >= 0.6 is 0 Å². The Morgan fingerprint density at radius 3 is 0.913 bits per heavy atom. The van der Waals surface area contributed by atoms with Crippen LogP contribution in [0.15, 0.2) is 0 Å². The summed E-state index contributed by atoms with van der Waals surface area (Å²) in [7, 11) is 0. The van der Waals surface area contributed by atoms with E-state index < -0.39 is 42.2 Å². The van der Waals surface area contributed by atoms with Crippen LogP contribution in [0.2, 0.25) is 0 Å². The molecule has 0 nitrogen and oxygen atoms in total. The Balaban J connectivity index is 0. The predicted molar refractivity (Wildman–Crippen MR) is 36.2 cm³/mol. The average Bonchev–Trinajstić information content (AvgIpc) is 2.25. The molecule has 0 rings (SSSR count). The van der Waals surface area contributed by atoms with Crippen LogP contribution in [0.3, 0.4) is 0 Å². The molecule has 0 atom stereocenters. The fraction of sp³-hybridized carbons (Fsp3) is 0.857. The van der Waals surface area contributed by atoms with Gasteiger partial charge in [0.05, 0.1) is 6.43 Å². The van der Waals surface area contributed by atoms with Gasteiger partial charge in [0.1, 0.15) is 0 Å². The van der Waals surface area contributed by atoms with Crippen LogP contribution in [-0.2, 0) is 17.1 Å². The molecule has 0 saturated heterocycles. The van der Waals surface area contributed by atoms with Gasteiger partial charge >= 0.3 is 46.9 Å². The molecule has 0 spiro atoms. The Morgan fingerprint density at radius 2 is 0.696 bits per heavy atom. The summed E-state index contributed by atoms with van der Waals surface area (Å²) in [6, 6.07) is 0. The van der Waals surface area contributed by atoms with Crippen molar-refractivity contribution in [3.05, 3.63) is 6.43 Å². The number of hydrogen-bond donors (Lipinski definition) is 0. The van der Waals surface area contributed by atoms with Crippen LogP contribution in [0.4, 0.5) is 65.9 Å². The second kappa shape index (κ2) is 6.08. The smallest absolute Gasteiger partial charge is 0.415 e. The summed E-state index contributed by atoms with van der Waals surface area (Å²) in [5.74, 6) is -39.6. The van der Waals surface area contributed by atoms with Crippen LogP contribution < -0.4 is 0 Å². The molecule has 0 bridgehead atoms. The molecule has 0 heterocycles. The molecule has 0 fully saturated rings. The summed E-state index contributed by atoms with van der Waals surface area (Å²) in [4.78, 5) is 0. The maximum absolute atomic E-state index is 12.6. The first-order valence-electron chi connectivity index (χ1n) is 4.33. The van der Waals surface area contributed by atoms with Crippen LogP contribution in [0.5, 0.6) is 0 Å². The molecule has 0 aromatic rings. The van der Waals surface area contributed by atoms with Gasteiger partial charge in [0.2, 0.25) is 0 Å². The van der Waals surface area contributed by atoms with Crippen molar-refractivity contribution in [2.24, 2.45) is 0 Å². The maximum atomic E-state index is 12.6. The van der Waals surface area contributed by atoms with E-state index in [0.29, 0.717) is 0 Å². The predicted octanol–water partition coefficient (Wildman–Crippen LogP) is 5.15. The molecule has 0 aliphatic heterocycles. The first-order chi connectivity index (χ1) is 9.19. The first kappa shape index (κ1) is 24.7. The number of rotatable bonds is 5. The zero-order chi connectivity index (χ0) is 18.6. The Morgan fingerprint density at radius 1 is 0.435 bits per heavy atom. The fourth-order valence-corrected chi connectivity index (χ4v) is 0.888. The minimum Gasteiger partial charge on any atom is -0.415 e. The van der Waals surface area contributed by atoms with Crippen molar-refractivity contribution in [3.8, 4) is 0 Å². The van der Waals surface area contributed by atoms with Crippen molar-refractivity contribution in [1.29, 1.82) is 0 Å². The minimum absolute atomic E-state index is 0. The normalized spacial score (nSPS) is 15.7. The van der Waals surface area contributed by atoms with Crippen LogP contribution in [0, 0.1) is 6.43 Å². The quantitative estimate of drug-likeness (QED) is 0.320. The zero-order valence-electron chi connectivity index (χ0n) is 9.47. The van der Waals surface area contributed by atoms with Gasteiger partial charge in [0, 0.05) is 0 Å². The molecule has 0 aromatic carbocycles. The zero-order valence-corrected chi connectivity index (χ0v) is 10.4. The third kappa shape index (κ3) is 3.20. The van der Waals surface area contributed by atoms with E-state index in [-0.39, 0.29) is 17.1 Å². The number of hydrogen-bond acceptors (Lipinski definition) is 0. The van der Waals surface area contributed by atoms with E-state index in [0.717, 1.165) is 0 Å². The van der Waals surface area contributed by atoms with Crippen LogP contribution in [0.25, 0.3) is 0 Å². The van der Waals surface area contributed by atoms with Gasteiger partial charge in [-0.1, -0.05) is 0 Å². The molecular formula is C7CuF15. The maximum Gasteiger partial charge on any atom is 1.00 e. The standard InChI is InChI=1S/C7F15.Cu/c8-1(9)2(10,11)3(12,13)4(14,15)5(16,17)6(18,19)7(20,21)22;/q-1;+1. The average molecular weight is 433 g/mol. The van der Waals surface area contributed by atoms with Gasteiger partial charge in [-0.25, -0.2) is 8.78 Å². The topological polar surface area (TPSA) is 0 Å². The monoisotopic (exact) mass is 432 g/mol. The van der Waals surface area contributed by atoms with Gasteiger partial charge in [0.15, 0.2) is 0 Å². The van der Waals surface area contributed by atoms with Crippen molar-refractivity contribution in [3.63, 3.8) is 0 Å². The van der Waals surface area contributed by atoms with Gasteiger partial charge in [-0.2, -0.15) is 48.3 Å². The Hall–Kier alpha value is -0.531. The van der Waals surface area contributed by atoms with Gasteiger partial charge in [0.25, 0.3) is 5.92 Å². The van der Waals surface area contributed by atoms with Crippen molar-refractivity contribution in [2.75, 3.05) is 0 Å². The molecule has 23 heavy (non-hydrogen) atoms. The van der Waals surface area contributed by atoms with E-state index in [1.807, 2.05) is 0 Å². The largest absolute Gasteiger partial charge is 1.00 e. The van der Waals surface area contributed by atoms with Crippen molar-refractivity contribution >= 4 is 0 Å². The van der Waals surface area contributed by atoms with E-state index in [1.165, 1.54) is 0 Å². The third-order valence-electron chi connectivity index (χ3n) is 2.17. The van der Waals surface area contributed by atoms with E-state index in [2.05, 4.69) is 0 Å². The Bertz CT molecular complexity index is 407. The molecule has 0 amide bonds. The molecule has 0 unspecified atom stereocenters. The van der Waals surface area contributed by atoms with E-state index in [9.17, 15) is 65.9 Å². The number of alkyl halides is 13. The van der Waals surface area contributed by atoms with Gasteiger partial charge in [-0.3, -0.25) is 0 Å². The summed E-state index contributed by atoms with van der Waals surface area (Å²) in [6.45, 7) is 0. The second-order valence-corrected chi connectivity index (χ2v) is 3.63. The third-order valence-corrected chi connectivity index (χ3v) is 2.17. The first-order valence-corrected chi connectivity index (χ1v) is 4.33. The number of halogens is 15. The molecule has 144 valence electrons. The van der Waals surface area contributed by atoms with Gasteiger partial charge in [-0.05, 0) is 0 Å². The molecule has 0 saturated carbocycles. The summed E-state index contributed by atoms with van der Waals surface area (Å²) >= 11 is 0. The summed E-state index contributed by atoms with van der Waals surface area (Å²) in [5.41, 5.74) is 0. The Kier molecular flexibility index (Phi) is 6.53. The van der Waals surface area contributed by atoms with Crippen LogP contribution in [0.1, 0.15) is 0 Å². The van der Waals surface area contributed by atoms with Crippen molar-refractivity contribution in [2.45, 2.75) is 35.8 Å². The second-order valence-electron chi connectivity index (χ2n) is 3.63. The summed E-state index contributed by atoms with van der Waals surface area (Å²) in [5, 5.41) is 0. The summed E-state index contributed by atoms with van der Waals surface area (Å²) < 4.78 is 181. The minimum atomic E-state index is -8.19. The SMILES string of the molecule is F[C-](F)C(F)(F)C(F)(F)C(F)(F)C(F)(F)C(F)(F)C(F)(F)F.[Cu+]. The van der Waals surface area contributed by atoms with E-state index in [1.54, 1.807) is 0 Å². The summed E-state index contributed by atoms with van der Waals surface area (Å²) in [6.07, 6.45) is -12.5. The molecule has 0 aliphatic rings. The van der Waals surface area contributed by atoms with Crippen molar-refractivity contribution < 1.29 is 82.9 Å². The van der Waals surface area contributed by atoms with E-state index in [4.69, 9.17) is 0 Å². The molecule has 16 heteroatoms. The molecule has 0 N–H and O–H groups in total. The van der Waals surface area contributed by atoms with E-state index >= 15 is 0 Å².